The van der Waals surface area contributed by atoms with Gasteiger partial charge in [-0.3, -0.25) is 9.89 Å². The Morgan fingerprint density at radius 2 is 1.68 bits per heavy atom. The number of aromatic amines is 1. The zero-order valence-electron chi connectivity index (χ0n) is 12.3. The van der Waals surface area contributed by atoms with Crippen LogP contribution >= 0.6 is 0 Å². The van der Waals surface area contributed by atoms with E-state index in [1.54, 1.807) is 4.68 Å². The molecule has 1 heterocycles. The standard InChI is InChI=1S/C16H22N2O/c1-11(2)13-14(12-9-7-6-8-10-12)17-18(15(13)19)16(3,4)5/h6-11,17H,1-5H3. The molecular formula is C16H22N2O. The molecule has 1 N–H and O–H groups in total. The highest BCUT2D eigenvalue weighted by atomic mass is 16.1. The third-order valence-electron chi connectivity index (χ3n) is 3.24. The van der Waals surface area contributed by atoms with Crippen molar-refractivity contribution in [3.8, 4) is 11.3 Å². The molecule has 0 saturated heterocycles. The van der Waals surface area contributed by atoms with Crippen LogP contribution < -0.4 is 5.56 Å². The summed E-state index contributed by atoms with van der Waals surface area (Å²) >= 11 is 0. The van der Waals surface area contributed by atoms with Gasteiger partial charge in [0.2, 0.25) is 0 Å². The lowest BCUT2D eigenvalue weighted by atomic mass is 9.99. The van der Waals surface area contributed by atoms with Crippen molar-refractivity contribution in [3.05, 3.63) is 46.2 Å². The van der Waals surface area contributed by atoms with E-state index in [0.29, 0.717) is 0 Å². The number of benzene rings is 1. The molecule has 0 amide bonds. The van der Waals surface area contributed by atoms with Crippen molar-refractivity contribution < 1.29 is 0 Å². The van der Waals surface area contributed by atoms with Gasteiger partial charge in [-0.25, -0.2) is 4.68 Å². The van der Waals surface area contributed by atoms with Gasteiger partial charge < -0.3 is 0 Å². The maximum Gasteiger partial charge on any atom is 0.271 e. The average molecular weight is 258 g/mol. The number of rotatable bonds is 2. The Hall–Kier alpha value is -1.77. The molecule has 0 spiro atoms. The van der Waals surface area contributed by atoms with Gasteiger partial charge in [0.25, 0.3) is 5.56 Å². The minimum atomic E-state index is -0.242. The van der Waals surface area contributed by atoms with Crippen LogP contribution in [0.15, 0.2) is 35.1 Å². The van der Waals surface area contributed by atoms with E-state index in [1.807, 2.05) is 51.1 Å². The van der Waals surface area contributed by atoms with Crippen LogP contribution in [0.4, 0.5) is 0 Å². The van der Waals surface area contributed by atoms with Gasteiger partial charge in [0.1, 0.15) is 0 Å². The zero-order valence-corrected chi connectivity index (χ0v) is 12.3. The van der Waals surface area contributed by atoms with Crippen LogP contribution in [-0.4, -0.2) is 9.78 Å². The van der Waals surface area contributed by atoms with E-state index < -0.39 is 0 Å². The predicted molar refractivity (Wildman–Crippen MR) is 79.6 cm³/mol. The maximum absolute atomic E-state index is 12.6. The average Bonchev–Trinajstić information content (AvgIpc) is 2.68. The molecule has 0 aliphatic carbocycles. The normalized spacial score (nSPS) is 12.1. The summed E-state index contributed by atoms with van der Waals surface area (Å²) in [5, 5.41) is 3.29. The first-order chi connectivity index (χ1) is 8.82. The predicted octanol–water partition coefficient (Wildman–Crippen LogP) is 3.72. The van der Waals surface area contributed by atoms with Crippen molar-refractivity contribution >= 4 is 0 Å². The number of H-pyrrole nitrogens is 1. The number of hydrogen-bond acceptors (Lipinski definition) is 1. The van der Waals surface area contributed by atoms with Crippen molar-refractivity contribution in [1.29, 1.82) is 0 Å². The molecule has 3 nitrogen and oxygen atoms in total. The fourth-order valence-electron chi connectivity index (χ4n) is 2.28. The number of nitrogens with zero attached hydrogens (tertiary/aromatic N) is 1. The maximum atomic E-state index is 12.6. The van der Waals surface area contributed by atoms with Crippen molar-refractivity contribution in [3.63, 3.8) is 0 Å². The Kier molecular flexibility index (Phi) is 3.40. The second kappa shape index (κ2) is 4.72. The second-order valence-electron chi connectivity index (χ2n) is 6.23. The fraction of sp³-hybridized carbons (Fsp3) is 0.438. The van der Waals surface area contributed by atoms with E-state index in [1.165, 1.54) is 0 Å². The lowest BCUT2D eigenvalue weighted by molar-refractivity contribution is 0.345. The van der Waals surface area contributed by atoms with Crippen LogP contribution in [0.5, 0.6) is 0 Å². The molecule has 0 radical (unpaired) electrons. The molecule has 102 valence electrons. The molecular weight excluding hydrogens is 236 g/mol. The molecule has 0 unspecified atom stereocenters. The highest BCUT2D eigenvalue weighted by Crippen LogP contribution is 2.26. The molecule has 0 bridgehead atoms. The SMILES string of the molecule is CC(C)c1c(-c2ccccc2)[nH]n(C(C)(C)C)c1=O. The minimum absolute atomic E-state index is 0.0846. The monoisotopic (exact) mass is 258 g/mol. The summed E-state index contributed by atoms with van der Waals surface area (Å²) in [7, 11) is 0. The van der Waals surface area contributed by atoms with Crippen LogP contribution in [-0.2, 0) is 5.54 Å². The van der Waals surface area contributed by atoms with E-state index in [-0.39, 0.29) is 17.0 Å². The molecule has 0 atom stereocenters. The summed E-state index contributed by atoms with van der Waals surface area (Å²) in [6.45, 7) is 10.2. The van der Waals surface area contributed by atoms with Gasteiger partial charge in [-0.05, 0) is 32.3 Å². The number of aromatic nitrogens is 2. The van der Waals surface area contributed by atoms with E-state index >= 15 is 0 Å². The largest absolute Gasteiger partial charge is 0.294 e. The van der Waals surface area contributed by atoms with Crippen LogP contribution in [0.2, 0.25) is 0 Å². The first-order valence-electron chi connectivity index (χ1n) is 6.73. The summed E-state index contributed by atoms with van der Waals surface area (Å²) in [5.74, 6) is 0.197. The molecule has 0 saturated carbocycles. The lowest BCUT2D eigenvalue weighted by Gasteiger charge is -2.19. The molecule has 1 aromatic heterocycles. The molecule has 2 rings (SSSR count). The molecule has 0 aliphatic heterocycles. The number of hydrogen-bond donors (Lipinski definition) is 1. The van der Waals surface area contributed by atoms with Crippen LogP contribution in [0.25, 0.3) is 11.3 Å². The lowest BCUT2D eigenvalue weighted by Crippen LogP contribution is -2.33. The third kappa shape index (κ3) is 2.50. The van der Waals surface area contributed by atoms with Gasteiger partial charge in [0.05, 0.1) is 11.2 Å². The fourth-order valence-corrected chi connectivity index (χ4v) is 2.28. The topological polar surface area (TPSA) is 37.8 Å². The van der Waals surface area contributed by atoms with E-state index in [2.05, 4.69) is 18.9 Å². The molecule has 19 heavy (non-hydrogen) atoms. The summed E-state index contributed by atoms with van der Waals surface area (Å²) in [6.07, 6.45) is 0. The van der Waals surface area contributed by atoms with Gasteiger partial charge in [-0.2, -0.15) is 0 Å². The minimum Gasteiger partial charge on any atom is -0.294 e. The summed E-state index contributed by atoms with van der Waals surface area (Å²) in [6, 6.07) is 10.0. The smallest absolute Gasteiger partial charge is 0.271 e. The van der Waals surface area contributed by atoms with E-state index in [0.717, 1.165) is 16.8 Å². The summed E-state index contributed by atoms with van der Waals surface area (Å²) < 4.78 is 1.73. The Labute approximate surface area is 114 Å². The Morgan fingerprint density at radius 1 is 1.11 bits per heavy atom. The van der Waals surface area contributed by atoms with Crippen LogP contribution in [0.3, 0.4) is 0 Å². The zero-order chi connectivity index (χ0) is 14.2. The first kappa shape index (κ1) is 13.7. The van der Waals surface area contributed by atoms with Crippen LogP contribution in [0.1, 0.15) is 46.1 Å². The quantitative estimate of drug-likeness (QED) is 0.875. The van der Waals surface area contributed by atoms with Crippen LogP contribution in [0, 0.1) is 0 Å². The van der Waals surface area contributed by atoms with Crippen molar-refractivity contribution in [2.24, 2.45) is 0 Å². The summed E-state index contributed by atoms with van der Waals surface area (Å²) in [4.78, 5) is 12.6. The second-order valence-corrected chi connectivity index (χ2v) is 6.23. The molecule has 1 aromatic carbocycles. The van der Waals surface area contributed by atoms with Gasteiger partial charge in [0.15, 0.2) is 0 Å². The van der Waals surface area contributed by atoms with Gasteiger partial charge in [-0.1, -0.05) is 44.2 Å². The Bertz CT molecular complexity index is 612. The molecule has 3 heteroatoms. The Morgan fingerprint density at radius 3 is 2.16 bits per heavy atom. The first-order valence-corrected chi connectivity index (χ1v) is 6.73. The summed E-state index contributed by atoms with van der Waals surface area (Å²) in [5.41, 5.74) is 2.71. The highest BCUT2D eigenvalue weighted by molar-refractivity contribution is 5.63. The molecule has 0 aliphatic rings. The van der Waals surface area contributed by atoms with E-state index in [4.69, 9.17) is 0 Å². The Balaban J connectivity index is 2.72. The molecule has 0 fully saturated rings. The van der Waals surface area contributed by atoms with Gasteiger partial charge in [0, 0.05) is 5.56 Å². The highest BCUT2D eigenvalue weighted by Gasteiger charge is 2.24. The third-order valence-corrected chi connectivity index (χ3v) is 3.24. The van der Waals surface area contributed by atoms with E-state index in [9.17, 15) is 4.79 Å². The molecule has 2 aromatic rings. The van der Waals surface area contributed by atoms with Crippen molar-refractivity contribution in [2.45, 2.75) is 46.1 Å². The van der Waals surface area contributed by atoms with Gasteiger partial charge in [-0.15, -0.1) is 0 Å². The van der Waals surface area contributed by atoms with Crippen molar-refractivity contribution in [1.82, 2.24) is 9.78 Å². The number of nitrogens with one attached hydrogen (secondary N) is 1. The van der Waals surface area contributed by atoms with Crippen molar-refractivity contribution in [2.75, 3.05) is 0 Å². The van der Waals surface area contributed by atoms with Gasteiger partial charge >= 0.3 is 0 Å².